The first kappa shape index (κ1) is 40.6. The molecule has 1 amide bonds. The number of ether oxygens (including phenoxy) is 2. The highest BCUT2D eigenvalue weighted by Gasteiger charge is 1.99. The summed E-state index contributed by atoms with van der Waals surface area (Å²) >= 11 is 0. The lowest BCUT2D eigenvalue weighted by Gasteiger charge is -2.07. The Bertz CT molecular complexity index is 812. The van der Waals surface area contributed by atoms with Crippen LogP contribution >= 0.6 is 0 Å². The summed E-state index contributed by atoms with van der Waals surface area (Å²) in [6.45, 7) is 19.5. The van der Waals surface area contributed by atoms with E-state index < -0.39 is 5.97 Å². The lowest BCUT2D eigenvalue weighted by atomic mass is 10.3. The summed E-state index contributed by atoms with van der Waals surface area (Å²) in [5, 5.41) is 10.1. The first-order chi connectivity index (χ1) is 17.5. The molecule has 10 nitrogen and oxygen atoms in total. The number of carbonyl (C=O) groups excluding carboxylic acids is 2. The Morgan fingerprint density at radius 2 is 1.19 bits per heavy atom. The van der Waals surface area contributed by atoms with Gasteiger partial charge >= 0.3 is 0 Å². The van der Waals surface area contributed by atoms with Crippen LogP contribution in [0.15, 0.2) is 36.7 Å². The van der Waals surface area contributed by atoms with Crippen LogP contribution in [0.2, 0.25) is 0 Å². The van der Waals surface area contributed by atoms with Crippen molar-refractivity contribution < 1.29 is 29.0 Å². The zero-order valence-corrected chi connectivity index (χ0v) is 24.3. The molecule has 0 atom stereocenters. The van der Waals surface area contributed by atoms with E-state index in [0.29, 0.717) is 38.1 Å². The van der Waals surface area contributed by atoms with Crippen LogP contribution in [0, 0.1) is 13.8 Å². The Labute approximate surface area is 223 Å². The second-order valence-corrected chi connectivity index (χ2v) is 6.65. The number of carboxylic acid groups (broad SMARTS) is 1. The fourth-order valence-electron chi connectivity index (χ4n) is 1.77. The van der Waals surface area contributed by atoms with Crippen molar-refractivity contribution in [2.45, 2.75) is 69.2 Å². The quantitative estimate of drug-likeness (QED) is 0.448. The number of nitrogens with zero attached hydrogens (tertiary/aromatic N) is 2. The highest BCUT2D eigenvalue weighted by molar-refractivity contribution is 5.72. The van der Waals surface area contributed by atoms with Gasteiger partial charge in [-0.2, -0.15) is 0 Å². The summed E-state index contributed by atoms with van der Waals surface area (Å²) in [6, 6.07) is 7.63. The van der Waals surface area contributed by atoms with Crippen LogP contribution < -0.4 is 20.5 Å². The average Bonchev–Trinajstić information content (AvgIpc) is 2.84. The molecule has 0 aromatic carbocycles. The summed E-state index contributed by atoms with van der Waals surface area (Å²) in [6.07, 6.45) is 3.39. The van der Waals surface area contributed by atoms with E-state index in [0.717, 1.165) is 18.1 Å². The first-order valence-corrected chi connectivity index (χ1v) is 12.2. The third-order valence-corrected chi connectivity index (χ3v) is 2.99. The number of carboxylic acids is 1. The molecule has 2 heterocycles. The van der Waals surface area contributed by atoms with Crippen molar-refractivity contribution >= 4 is 17.7 Å². The Balaban J connectivity index is -0.000000210. The molecule has 2 rings (SSSR count). The van der Waals surface area contributed by atoms with E-state index >= 15 is 0 Å². The van der Waals surface area contributed by atoms with Gasteiger partial charge in [0.05, 0.1) is 6.54 Å². The van der Waals surface area contributed by atoms with Gasteiger partial charge in [-0.05, 0) is 39.8 Å². The lowest BCUT2D eigenvalue weighted by Crippen LogP contribution is -2.25. The molecular formula is C27H48N4O6. The summed E-state index contributed by atoms with van der Waals surface area (Å²) in [7, 11) is 0. The standard InChI is InChI=1S/C10H14N2O2.C8H12N2O.C3H6O.C2H4O2.2C2H6/c1-8-4-3-5-12-10(8)14-7-6-11-9(2)13;1-7-3-2-5-10-8(7)11-6-4-9;1-3(2)4;1-2(3)4;2*1-2/h3-5H,6-7H2,1-2H3,(H,11,13);2-3,5H,4,6,9H2,1H3;1-2H3;1H3,(H,3,4);2*1-2H3. The van der Waals surface area contributed by atoms with E-state index in [1.165, 1.54) is 20.8 Å². The van der Waals surface area contributed by atoms with Crippen molar-refractivity contribution in [3.63, 3.8) is 0 Å². The normalized spacial score (nSPS) is 8.19. The van der Waals surface area contributed by atoms with E-state index in [1.54, 1.807) is 12.4 Å². The van der Waals surface area contributed by atoms with E-state index in [9.17, 15) is 9.59 Å². The van der Waals surface area contributed by atoms with Crippen molar-refractivity contribution in [2.75, 3.05) is 26.3 Å². The van der Waals surface area contributed by atoms with Gasteiger partial charge in [0, 0.05) is 43.9 Å². The van der Waals surface area contributed by atoms with Gasteiger partial charge in [0.25, 0.3) is 5.97 Å². The Kier molecular flexibility index (Phi) is 33.5. The number of amides is 1. The molecule has 0 fully saturated rings. The van der Waals surface area contributed by atoms with Gasteiger partial charge in [-0.1, -0.05) is 39.8 Å². The van der Waals surface area contributed by atoms with Crippen molar-refractivity contribution in [2.24, 2.45) is 5.73 Å². The number of rotatable bonds is 7. The van der Waals surface area contributed by atoms with Crippen LogP contribution in [0.5, 0.6) is 11.8 Å². The maximum atomic E-state index is 10.5. The first-order valence-electron chi connectivity index (χ1n) is 12.2. The molecule has 0 bridgehead atoms. The smallest absolute Gasteiger partial charge is 0.300 e. The summed E-state index contributed by atoms with van der Waals surface area (Å²) in [5.41, 5.74) is 7.31. The number of ketones is 1. The van der Waals surface area contributed by atoms with Crippen molar-refractivity contribution in [1.82, 2.24) is 15.3 Å². The minimum atomic E-state index is -0.833. The van der Waals surface area contributed by atoms with Gasteiger partial charge in [-0.3, -0.25) is 9.59 Å². The van der Waals surface area contributed by atoms with Gasteiger partial charge in [-0.25, -0.2) is 9.97 Å². The second kappa shape index (κ2) is 30.5. The van der Waals surface area contributed by atoms with Gasteiger partial charge < -0.3 is 30.4 Å². The van der Waals surface area contributed by atoms with Crippen molar-refractivity contribution in [1.29, 1.82) is 0 Å². The van der Waals surface area contributed by atoms with E-state index in [2.05, 4.69) is 15.3 Å². The molecule has 0 aliphatic carbocycles. The van der Waals surface area contributed by atoms with Gasteiger partial charge in [-0.15, -0.1) is 0 Å². The third kappa shape index (κ3) is 34.7. The van der Waals surface area contributed by atoms with Crippen LogP contribution in [-0.4, -0.2) is 59.0 Å². The minimum Gasteiger partial charge on any atom is -0.481 e. The molecule has 0 saturated carbocycles. The number of aromatic nitrogens is 2. The number of carbonyl (C=O) groups is 3. The van der Waals surface area contributed by atoms with Gasteiger partial charge in [0.1, 0.15) is 19.0 Å². The molecule has 4 N–H and O–H groups in total. The summed E-state index contributed by atoms with van der Waals surface area (Å²) < 4.78 is 10.6. The Morgan fingerprint density at radius 3 is 1.49 bits per heavy atom. The number of Topliss-reactive ketones (excluding diaryl/α,β-unsaturated/α-hetero) is 1. The summed E-state index contributed by atoms with van der Waals surface area (Å²) in [4.78, 5) is 37.1. The number of aliphatic carboxylic acids is 1. The van der Waals surface area contributed by atoms with E-state index in [1.807, 2.05) is 65.8 Å². The largest absolute Gasteiger partial charge is 0.481 e. The zero-order valence-electron chi connectivity index (χ0n) is 24.3. The molecular weight excluding hydrogens is 476 g/mol. The van der Waals surface area contributed by atoms with E-state index in [-0.39, 0.29) is 11.7 Å². The maximum Gasteiger partial charge on any atom is 0.300 e. The molecule has 0 saturated heterocycles. The third-order valence-electron chi connectivity index (χ3n) is 2.99. The molecule has 0 radical (unpaired) electrons. The molecule has 0 aliphatic heterocycles. The zero-order chi connectivity index (χ0) is 29.6. The van der Waals surface area contributed by atoms with Crippen molar-refractivity contribution in [3.8, 4) is 11.8 Å². The van der Waals surface area contributed by atoms with Crippen molar-refractivity contribution in [3.05, 3.63) is 47.8 Å². The van der Waals surface area contributed by atoms with E-state index in [4.69, 9.17) is 25.1 Å². The highest BCUT2D eigenvalue weighted by Crippen LogP contribution is 2.11. The molecule has 0 aliphatic rings. The monoisotopic (exact) mass is 524 g/mol. The molecule has 212 valence electrons. The maximum absolute atomic E-state index is 10.5. The van der Waals surface area contributed by atoms with Crippen LogP contribution in [0.1, 0.15) is 66.5 Å². The molecule has 37 heavy (non-hydrogen) atoms. The molecule has 2 aromatic rings. The van der Waals surface area contributed by atoms with Crippen LogP contribution in [-0.2, 0) is 14.4 Å². The van der Waals surface area contributed by atoms with Crippen LogP contribution in [0.4, 0.5) is 0 Å². The number of hydrogen-bond acceptors (Lipinski definition) is 8. The SMILES string of the molecule is CC.CC.CC(=O)NCCOc1ncccc1C.CC(=O)O.CC(C)=O.Cc1cccnc1OCCN. The van der Waals surface area contributed by atoms with Crippen LogP contribution in [0.3, 0.4) is 0 Å². The molecule has 0 spiro atoms. The molecule has 0 unspecified atom stereocenters. The second-order valence-electron chi connectivity index (χ2n) is 6.65. The molecule has 10 heteroatoms. The Morgan fingerprint density at radius 1 is 0.838 bits per heavy atom. The Hall–Kier alpha value is -3.53. The van der Waals surface area contributed by atoms with Crippen LogP contribution in [0.25, 0.3) is 0 Å². The number of hydrogen-bond donors (Lipinski definition) is 3. The summed E-state index contributed by atoms with van der Waals surface area (Å²) in [5.74, 6) is 0.585. The predicted octanol–water partition coefficient (Wildman–Crippen LogP) is 4.37. The molecule has 2 aromatic heterocycles. The number of nitrogens with one attached hydrogen (secondary N) is 1. The number of pyridine rings is 2. The lowest BCUT2D eigenvalue weighted by molar-refractivity contribution is -0.134. The minimum absolute atomic E-state index is 0.0497. The topological polar surface area (TPSA) is 154 Å². The fourth-order valence-corrected chi connectivity index (χ4v) is 1.77. The number of aryl methyl sites for hydroxylation is 2. The fraction of sp³-hybridized carbons (Fsp3) is 0.519. The number of nitrogens with two attached hydrogens (primary N) is 1. The van der Waals surface area contributed by atoms with Gasteiger partial charge in [0.15, 0.2) is 0 Å². The highest BCUT2D eigenvalue weighted by atomic mass is 16.5. The average molecular weight is 525 g/mol. The predicted molar refractivity (Wildman–Crippen MR) is 149 cm³/mol. The van der Waals surface area contributed by atoms with Gasteiger partial charge in [0.2, 0.25) is 17.7 Å².